The molecule has 6 atom stereocenters. The maximum atomic E-state index is 11.6. The molecule has 0 unspecified atom stereocenters. The van der Waals surface area contributed by atoms with Crippen molar-refractivity contribution < 1.29 is 9.53 Å². The highest BCUT2D eigenvalue weighted by atomic mass is 79.9. The van der Waals surface area contributed by atoms with Gasteiger partial charge in [-0.2, -0.15) is 0 Å². The number of allylic oxidation sites excluding steroid dienone is 1. The Morgan fingerprint density at radius 2 is 2.04 bits per heavy atom. The highest BCUT2D eigenvalue weighted by Crippen LogP contribution is 2.64. The second kappa shape index (κ2) is 6.14. The molecule has 24 heavy (non-hydrogen) atoms. The van der Waals surface area contributed by atoms with E-state index in [1.54, 1.807) is 5.57 Å². The molecule has 0 aromatic rings. The zero-order valence-corrected chi connectivity index (χ0v) is 16.7. The zero-order valence-electron chi connectivity index (χ0n) is 15.2. The van der Waals surface area contributed by atoms with E-state index in [1.807, 2.05) is 0 Å². The first-order valence-electron chi connectivity index (χ1n) is 9.91. The number of carbonyl (C=O) groups excluding carboxylic acids is 1. The van der Waals surface area contributed by atoms with Crippen LogP contribution in [-0.4, -0.2) is 17.4 Å². The SMILES string of the molecule is C[C@@]12CCC[C@@H]1[C@H]1CC=C3C[C@H](OC(=O)CBr)CC[C@]3(C)[C@@H]1CC2. The summed E-state index contributed by atoms with van der Waals surface area (Å²) in [5, 5.41) is 0.310. The lowest BCUT2D eigenvalue weighted by Gasteiger charge is -2.57. The van der Waals surface area contributed by atoms with Gasteiger partial charge in [0.2, 0.25) is 0 Å². The van der Waals surface area contributed by atoms with E-state index < -0.39 is 0 Å². The van der Waals surface area contributed by atoms with Crippen LogP contribution in [0.1, 0.15) is 71.6 Å². The van der Waals surface area contributed by atoms with Gasteiger partial charge >= 0.3 is 5.97 Å². The molecule has 0 amide bonds. The van der Waals surface area contributed by atoms with Crippen LogP contribution in [-0.2, 0) is 9.53 Å². The van der Waals surface area contributed by atoms with E-state index in [0.717, 1.165) is 30.6 Å². The van der Waals surface area contributed by atoms with Crippen molar-refractivity contribution in [2.24, 2.45) is 28.6 Å². The van der Waals surface area contributed by atoms with Gasteiger partial charge in [0.05, 0.1) is 0 Å². The van der Waals surface area contributed by atoms with Gasteiger partial charge in [-0.05, 0) is 73.5 Å². The van der Waals surface area contributed by atoms with Crippen LogP contribution in [0.25, 0.3) is 0 Å². The van der Waals surface area contributed by atoms with E-state index in [0.29, 0.717) is 16.2 Å². The second-order valence-electron chi connectivity index (χ2n) is 9.33. The predicted octanol–water partition coefficient (Wildman–Crippen LogP) is 5.65. The Morgan fingerprint density at radius 3 is 2.83 bits per heavy atom. The number of rotatable bonds is 2. The van der Waals surface area contributed by atoms with Crippen molar-refractivity contribution in [1.82, 2.24) is 0 Å². The molecule has 2 nitrogen and oxygen atoms in total. The van der Waals surface area contributed by atoms with Gasteiger partial charge in [0, 0.05) is 6.42 Å². The van der Waals surface area contributed by atoms with E-state index in [2.05, 4.69) is 35.9 Å². The summed E-state index contributed by atoms with van der Waals surface area (Å²) in [7, 11) is 0. The third-order valence-corrected chi connectivity index (χ3v) is 8.70. The molecule has 4 aliphatic carbocycles. The minimum absolute atomic E-state index is 0.103. The summed E-state index contributed by atoms with van der Waals surface area (Å²) in [6.45, 7) is 5.09. The summed E-state index contributed by atoms with van der Waals surface area (Å²) in [6.07, 6.45) is 14.4. The highest BCUT2D eigenvalue weighted by molar-refractivity contribution is 9.09. The molecule has 0 radical (unpaired) electrons. The fourth-order valence-corrected chi connectivity index (χ4v) is 7.07. The number of hydrogen-bond acceptors (Lipinski definition) is 2. The van der Waals surface area contributed by atoms with Crippen LogP contribution in [0.5, 0.6) is 0 Å². The summed E-state index contributed by atoms with van der Waals surface area (Å²) in [4.78, 5) is 11.6. The molecule has 0 saturated heterocycles. The van der Waals surface area contributed by atoms with Crippen molar-refractivity contribution in [1.29, 1.82) is 0 Å². The van der Waals surface area contributed by atoms with E-state index in [4.69, 9.17) is 4.74 Å². The lowest BCUT2D eigenvalue weighted by molar-refractivity contribution is -0.148. The molecule has 4 rings (SSSR count). The molecule has 0 aromatic heterocycles. The highest BCUT2D eigenvalue weighted by Gasteiger charge is 2.55. The smallest absolute Gasteiger partial charge is 0.316 e. The van der Waals surface area contributed by atoms with Gasteiger partial charge in [0.15, 0.2) is 0 Å². The largest absolute Gasteiger partial charge is 0.461 e. The second-order valence-corrected chi connectivity index (χ2v) is 9.89. The summed E-state index contributed by atoms with van der Waals surface area (Å²) in [5.41, 5.74) is 2.60. The number of fused-ring (bicyclic) bond motifs is 5. The van der Waals surface area contributed by atoms with Crippen molar-refractivity contribution in [2.45, 2.75) is 77.7 Å². The van der Waals surface area contributed by atoms with E-state index >= 15 is 0 Å². The molecule has 3 fully saturated rings. The van der Waals surface area contributed by atoms with Gasteiger partial charge in [-0.25, -0.2) is 0 Å². The lowest BCUT2D eigenvalue weighted by atomic mass is 9.48. The molecule has 0 bridgehead atoms. The Bertz CT molecular complexity index is 556. The average Bonchev–Trinajstić information content (AvgIpc) is 2.97. The third-order valence-electron chi connectivity index (χ3n) is 8.25. The Hall–Kier alpha value is -0.310. The maximum absolute atomic E-state index is 11.6. The van der Waals surface area contributed by atoms with Gasteiger partial charge < -0.3 is 4.74 Å². The van der Waals surface area contributed by atoms with Crippen molar-refractivity contribution in [2.75, 3.05) is 5.33 Å². The van der Waals surface area contributed by atoms with Crippen LogP contribution in [0.4, 0.5) is 0 Å². The number of ether oxygens (including phenoxy) is 1. The van der Waals surface area contributed by atoms with Gasteiger partial charge in [0.25, 0.3) is 0 Å². The van der Waals surface area contributed by atoms with Gasteiger partial charge in [-0.15, -0.1) is 0 Å². The molecule has 0 N–H and O–H groups in total. The van der Waals surface area contributed by atoms with Crippen molar-refractivity contribution >= 4 is 21.9 Å². The van der Waals surface area contributed by atoms with Crippen LogP contribution in [0, 0.1) is 28.6 Å². The van der Waals surface area contributed by atoms with Crippen LogP contribution < -0.4 is 0 Å². The maximum Gasteiger partial charge on any atom is 0.316 e. The third kappa shape index (κ3) is 2.61. The average molecular weight is 395 g/mol. The Kier molecular flexibility index (Phi) is 4.38. The fourth-order valence-electron chi connectivity index (χ4n) is 6.94. The van der Waals surface area contributed by atoms with Crippen LogP contribution >= 0.6 is 15.9 Å². The van der Waals surface area contributed by atoms with Crippen LogP contribution in [0.15, 0.2) is 11.6 Å². The van der Waals surface area contributed by atoms with Crippen molar-refractivity contribution in [3.8, 4) is 0 Å². The number of alkyl halides is 1. The summed E-state index contributed by atoms with van der Waals surface area (Å²) < 4.78 is 5.63. The van der Waals surface area contributed by atoms with Gasteiger partial charge in [0.1, 0.15) is 11.4 Å². The van der Waals surface area contributed by atoms with Crippen molar-refractivity contribution in [3.63, 3.8) is 0 Å². The molecular weight excluding hydrogens is 364 g/mol. The topological polar surface area (TPSA) is 26.3 Å². The minimum atomic E-state index is -0.114. The summed E-state index contributed by atoms with van der Waals surface area (Å²) in [6, 6.07) is 0. The van der Waals surface area contributed by atoms with Crippen molar-refractivity contribution in [3.05, 3.63) is 11.6 Å². The summed E-state index contributed by atoms with van der Waals surface area (Å²) in [5.74, 6) is 2.61. The van der Waals surface area contributed by atoms with E-state index in [1.165, 1.54) is 44.9 Å². The molecule has 0 spiro atoms. The molecule has 134 valence electrons. The molecule has 4 aliphatic rings. The van der Waals surface area contributed by atoms with Crippen LogP contribution in [0.3, 0.4) is 0 Å². The molecule has 3 heteroatoms. The number of esters is 1. The number of hydrogen-bond donors (Lipinski definition) is 0. The Morgan fingerprint density at radius 1 is 1.21 bits per heavy atom. The zero-order chi connectivity index (χ0) is 16.9. The van der Waals surface area contributed by atoms with E-state index in [9.17, 15) is 4.79 Å². The van der Waals surface area contributed by atoms with Gasteiger partial charge in [-0.3, -0.25) is 4.79 Å². The number of carbonyl (C=O) groups is 1. The normalized spacial score (nSPS) is 47.2. The molecular formula is C21H31BrO2. The monoisotopic (exact) mass is 394 g/mol. The summed E-state index contributed by atoms with van der Waals surface area (Å²) >= 11 is 3.21. The Balaban J connectivity index is 1.55. The Labute approximate surface area is 154 Å². The van der Waals surface area contributed by atoms with Crippen LogP contribution in [0.2, 0.25) is 0 Å². The standard InChI is InChI=1S/C21H31BrO2/c1-20-9-3-4-17(20)16-6-5-14-12-15(24-19(23)13-22)7-11-21(14,2)18(16)8-10-20/h5,15-18H,3-4,6-13H2,1-2H3/t15-,16-,17-,18-,20+,21+/m1/s1. The van der Waals surface area contributed by atoms with Gasteiger partial charge in [-0.1, -0.05) is 47.8 Å². The molecule has 0 aromatic carbocycles. The minimum Gasteiger partial charge on any atom is -0.461 e. The number of halogens is 1. The quantitative estimate of drug-likeness (QED) is 0.343. The fraction of sp³-hybridized carbons (Fsp3) is 0.857. The first kappa shape index (κ1) is 17.1. The predicted molar refractivity (Wildman–Crippen MR) is 100.0 cm³/mol. The van der Waals surface area contributed by atoms with E-state index in [-0.39, 0.29) is 12.1 Å². The lowest BCUT2D eigenvalue weighted by Crippen LogP contribution is -2.49. The molecule has 3 saturated carbocycles. The molecule has 0 aliphatic heterocycles. The first-order valence-corrected chi connectivity index (χ1v) is 11.0. The molecule has 0 heterocycles. The first-order chi connectivity index (χ1) is 11.5.